The smallest absolute Gasteiger partial charge is 0.240 e. The van der Waals surface area contributed by atoms with Gasteiger partial charge in [0.1, 0.15) is 12.4 Å². The van der Waals surface area contributed by atoms with E-state index in [4.69, 9.17) is 9.63 Å². The highest BCUT2D eigenvalue weighted by Gasteiger charge is 2.14. The minimum atomic E-state index is -3.62. The zero-order valence-corrected chi connectivity index (χ0v) is 12.1. The van der Waals surface area contributed by atoms with Crippen molar-refractivity contribution in [3.63, 3.8) is 0 Å². The van der Waals surface area contributed by atoms with Crippen molar-refractivity contribution >= 4 is 10.0 Å². The Balaban J connectivity index is 2.08. The molecule has 1 aromatic heterocycles. The lowest BCUT2D eigenvalue weighted by Crippen LogP contribution is -2.23. The quantitative estimate of drug-likeness (QED) is 0.815. The van der Waals surface area contributed by atoms with Gasteiger partial charge >= 0.3 is 0 Å². The van der Waals surface area contributed by atoms with Crippen LogP contribution in [0.5, 0.6) is 0 Å². The van der Waals surface area contributed by atoms with E-state index in [1.54, 1.807) is 25.1 Å². The van der Waals surface area contributed by atoms with Crippen LogP contribution in [0.1, 0.15) is 17.0 Å². The van der Waals surface area contributed by atoms with Gasteiger partial charge in [0.25, 0.3) is 0 Å². The third-order valence-corrected chi connectivity index (χ3v) is 4.01. The first-order chi connectivity index (χ1) is 10.0. The minimum Gasteiger partial charge on any atom is -0.384 e. The third kappa shape index (κ3) is 4.16. The van der Waals surface area contributed by atoms with Crippen LogP contribution in [-0.4, -0.2) is 25.3 Å². The van der Waals surface area contributed by atoms with Gasteiger partial charge in [-0.1, -0.05) is 17.0 Å². The van der Waals surface area contributed by atoms with Gasteiger partial charge in [-0.2, -0.15) is 0 Å². The van der Waals surface area contributed by atoms with Crippen molar-refractivity contribution in [2.45, 2.75) is 18.4 Å². The van der Waals surface area contributed by atoms with Crippen molar-refractivity contribution in [1.29, 1.82) is 0 Å². The summed E-state index contributed by atoms with van der Waals surface area (Å²) >= 11 is 0. The van der Waals surface area contributed by atoms with Crippen molar-refractivity contribution in [3.05, 3.63) is 47.3 Å². The van der Waals surface area contributed by atoms with Crippen LogP contribution in [0, 0.1) is 18.8 Å². The lowest BCUT2D eigenvalue weighted by molar-refractivity contribution is 0.350. The van der Waals surface area contributed by atoms with Crippen LogP contribution in [0.15, 0.2) is 39.8 Å². The van der Waals surface area contributed by atoms with E-state index in [0.717, 1.165) is 0 Å². The van der Waals surface area contributed by atoms with Gasteiger partial charge in [-0.3, -0.25) is 0 Å². The second-order valence-corrected chi connectivity index (χ2v) is 6.00. The molecule has 0 spiro atoms. The van der Waals surface area contributed by atoms with Crippen LogP contribution in [0.25, 0.3) is 0 Å². The Morgan fingerprint density at radius 3 is 2.62 bits per heavy atom. The van der Waals surface area contributed by atoms with E-state index in [0.29, 0.717) is 17.0 Å². The Morgan fingerprint density at radius 2 is 2.05 bits per heavy atom. The maximum absolute atomic E-state index is 12.1. The Bertz CT molecular complexity index is 767. The fourth-order valence-electron chi connectivity index (χ4n) is 1.61. The molecule has 6 nitrogen and oxygen atoms in total. The second kappa shape index (κ2) is 6.54. The molecule has 1 heterocycles. The summed E-state index contributed by atoms with van der Waals surface area (Å²) in [5.41, 5.74) is 1.15. The Hall–Kier alpha value is -2.14. The highest BCUT2D eigenvalue weighted by atomic mass is 32.2. The van der Waals surface area contributed by atoms with E-state index in [1.807, 2.05) is 0 Å². The Kier molecular flexibility index (Phi) is 4.75. The molecule has 0 amide bonds. The number of benzene rings is 1. The van der Waals surface area contributed by atoms with Gasteiger partial charge in [-0.05, 0) is 31.2 Å². The third-order valence-electron chi connectivity index (χ3n) is 2.60. The van der Waals surface area contributed by atoms with E-state index >= 15 is 0 Å². The van der Waals surface area contributed by atoms with Crippen LogP contribution in [0.2, 0.25) is 0 Å². The molecule has 2 rings (SSSR count). The van der Waals surface area contributed by atoms with Crippen molar-refractivity contribution in [2.24, 2.45) is 0 Å². The normalized spacial score (nSPS) is 11.0. The molecule has 0 aliphatic heterocycles. The number of hydrogen-bond donors (Lipinski definition) is 2. The second-order valence-electron chi connectivity index (χ2n) is 4.24. The molecule has 2 aromatic rings. The zero-order valence-electron chi connectivity index (χ0n) is 11.3. The number of hydrogen-bond acceptors (Lipinski definition) is 5. The average molecular weight is 306 g/mol. The number of aryl methyl sites for hydroxylation is 1. The molecule has 0 radical (unpaired) electrons. The average Bonchev–Trinajstić information content (AvgIpc) is 2.89. The monoisotopic (exact) mass is 306 g/mol. The molecule has 0 aliphatic rings. The number of aliphatic hydroxyl groups excluding tert-OH is 1. The number of aliphatic hydroxyl groups is 1. The van der Waals surface area contributed by atoms with E-state index in [9.17, 15) is 8.42 Å². The van der Waals surface area contributed by atoms with E-state index in [1.165, 1.54) is 12.1 Å². The number of nitrogens with one attached hydrogen (secondary N) is 1. The van der Waals surface area contributed by atoms with Crippen LogP contribution in [0.3, 0.4) is 0 Å². The molecule has 1 aromatic carbocycles. The lowest BCUT2D eigenvalue weighted by Gasteiger charge is -2.05. The molecule has 110 valence electrons. The summed E-state index contributed by atoms with van der Waals surface area (Å²) < 4.78 is 31.5. The van der Waals surface area contributed by atoms with E-state index < -0.39 is 10.0 Å². The van der Waals surface area contributed by atoms with Crippen LogP contribution in [0.4, 0.5) is 0 Å². The minimum absolute atomic E-state index is 0.0613. The van der Waals surface area contributed by atoms with Crippen LogP contribution < -0.4 is 4.72 Å². The van der Waals surface area contributed by atoms with Crippen molar-refractivity contribution in [2.75, 3.05) is 6.61 Å². The van der Waals surface area contributed by atoms with Gasteiger partial charge in [0.15, 0.2) is 0 Å². The zero-order chi connectivity index (χ0) is 15.3. The summed E-state index contributed by atoms with van der Waals surface area (Å²) in [5, 5.41) is 12.3. The summed E-state index contributed by atoms with van der Waals surface area (Å²) in [7, 11) is -3.62. The number of nitrogens with zero attached hydrogens (tertiary/aromatic N) is 1. The van der Waals surface area contributed by atoms with Gasteiger partial charge in [0.05, 0.1) is 17.1 Å². The molecular weight excluding hydrogens is 292 g/mol. The molecular formula is C14H14N2O4S. The summed E-state index contributed by atoms with van der Waals surface area (Å²) in [5.74, 6) is 5.81. The number of rotatable bonds is 4. The molecule has 2 N–H and O–H groups in total. The summed E-state index contributed by atoms with van der Waals surface area (Å²) in [6, 6.07) is 7.74. The first-order valence-electron chi connectivity index (χ1n) is 6.13. The molecule has 0 saturated heterocycles. The highest BCUT2D eigenvalue weighted by molar-refractivity contribution is 7.89. The molecule has 0 saturated carbocycles. The van der Waals surface area contributed by atoms with Crippen molar-refractivity contribution in [1.82, 2.24) is 9.88 Å². The van der Waals surface area contributed by atoms with Crippen molar-refractivity contribution < 1.29 is 18.0 Å². The van der Waals surface area contributed by atoms with Gasteiger partial charge in [0, 0.05) is 11.6 Å². The molecule has 0 aliphatic carbocycles. The molecule has 0 fully saturated rings. The van der Waals surface area contributed by atoms with Crippen LogP contribution in [-0.2, 0) is 16.6 Å². The molecule has 7 heteroatoms. The predicted molar refractivity (Wildman–Crippen MR) is 75.7 cm³/mol. The Morgan fingerprint density at radius 1 is 1.33 bits per heavy atom. The van der Waals surface area contributed by atoms with Gasteiger partial charge in [0.2, 0.25) is 10.0 Å². The number of aromatic nitrogens is 1. The molecule has 0 bridgehead atoms. The maximum Gasteiger partial charge on any atom is 0.240 e. The largest absolute Gasteiger partial charge is 0.384 e. The predicted octanol–water partition coefficient (Wildman–Crippen LogP) is 0.805. The summed E-state index contributed by atoms with van der Waals surface area (Å²) in [6.07, 6.45) is 0. The highest BCUT2D eigenvalue weighted by Crippen LogP contribution is 2.11. The number of sulfonamides is 1. The fourth-order valence-corrected chi connectivity index (χ4v) is 2.61. The maximum atomic E-state index is 12.1. The van der Waals surface area contributed by atoms with Gasteiger partial charge in [-0.15, -0.1) is 0 Å². The standard InChI is InChI=1S/C14H14N2O4S/c1-11-9-13(16-20-11)10-15-21(18,19)14-6-4-12(5-7-14)3-2-8-17/h4-7,9,15,17H,8,10H2,1H3. The molecule has 0 unspecified atom stereocenters. The molecule has 21 heavy (non-hydrogen) atoms. The van der Waals surface area contributed by atoms with Gasteiger partial charge < -0.3 is 9.63 Å². The SMILES string of the molecule is Cc1cc(CNS(=O)(=O)c2ccc(C#CCO)cc2)no1. The van der Waals surface area contributed by atoms with Gasteiger partial charge in [-0.25, -0.2) is 13.1 Å². The Labute approximate surface area is 122 Å². The molecule has 0 atom stereocenters. The summed E-state index contributed by atoms with van der Waals surface area (Å²) in [4.78, 5) is 0.136. The fraction of sp³-hybridized carbons (Fsp3) is 0.214. The first kappa shape index (κ1) is 15.3. The summed E-state index contributed by atoms with van der Waals surface area (Å²) in [6.45, 7) is 1.56. The van der Waals surface area contributed by atoms with E-state index in [-0.39, 0.29) is 18.0 Å². The first-order valence-corrected chi connectivity index (χ1v) is 7.61. The van der Waals surface area contributed by atoms with Crippen LogP contribution >= 0.6 is 0 Å². The van der Waals surface area contributed by atoms with Crippen molar-refractivity contribution in [3.8, 4) is 11.8 Å². The topological polar surface area (TPSA) is 92.4 Å². The lowest BCUT2D eigenvalue weighted by atomic mass is 10.2. The van der Waals surface area contributed by atoms with E-state index in [2.05, 4.69) is 21.7 Å².